The average Bonchev–Trinajstić information content (AvgIpc) is 2.31. The number of amides is 1. The number of carbonyl (C=O) groups excluding carboxylic acids is 1. The molecule has 1 aromatic rings. The summed E-state index contributed by atoms with van der Waals surface area (Å²) in [7, 11) is 0. The molecule has 0 aliphatic rings. The van der Waals surface area contributed by atoms with E-state index >= 15 is 0 Å². The van der Waals surface area contributed by atoms with Crippen molar-refractivity contribution < 1.29 is 19.4 Å². The summed E-state index contributed by atoms with van der Waals surface area (Å²) >= 11 is 0. The van der Waals surface area contributed by atoms with Crippen molar-refractivity contribution in [2.75, 3.05) is 6.61 Å². The van der Waals surface area contributed by atoms with E-state index in [-0.39, 0.29) is 6.42 Å². The molecule has 5 nitrogen and oxygen atoms in total. The quantitative estimate of drug-likeness (QED) is 0.689. The molecule has 92 valence electrons. The lowest BCUT2D eigenvalue weighted by molar-refractivity contribution is -0.140. The Morgan fingerprint density at radius 1 is 1.47 bits per heavy atom. The van der Waals surface area contributed by atoms with E-state index in [1.165, 1.54) is 0 Å². The Labute approximate surface area is 99.4 Å². The van der Waals surface area contributed by atoms with Gasteiger partial charge in [-0.05, 0) is 24.6 Å². The van der Waals surface area contributed by atoms with Gasteiger partial charge in [-0.1, -0.05) is 12.1 Å². The molecular formula is C12H15NO4. The molecule has 0 radical (unpaired) electrons. The Morgan fingerprint density at radius 2 is 2.12 bits per heavy atom. The standard InChI is InChI=1S/C12H15NO4/c1-2-17-10-5-3-9(4-6-10)7-11(12(15)16)13-8-14/h3-6,8,11H,2,7H2,1H3,(H,13,14)(H,15,16)/t11-/m0/s1. The second-order valence-electron chi connectivity index (χ2n) is 3.46. The zero-order valence-corrected chi connectivity index (χ0v) is 9.55. The summed E-state index contributed by atoms with van der Waals surface area (Å²) in [6, 6.07) is 6.23. The van der Waals surface area contributed by atoms with Gasteiger partial charge >= 0.3 is 5.97 Å². The normalized spacial score (nSPS) is 11.6. The highest BCUT2D eigenvalue weighted by Gasteiger charge is 2.16. The van der Waals surface area contributed by atoms with Crippen molar-refractivity contribution in [3.8, 4) is 5.75 Å². The van der Waals surface area contributed by atoms with E-state index in [0.717, 1.165) is 11.3 Å². The topological polar surface area (TPSA) is 75.6 Å². The molecule has 0 bridgehead atoms. The van der Waals surface area contributed by atoms with E-state index in [1.54, 1.807) is 24.3 Å². The van der Waals surface area contributed by atoms with Crippen LogP contribution in [0.15, 0.2) is 24.3 Å². The zero-order valence-electron chi connectivity index (χ0n) is 9.55. The van der Waals surface area contributed by atoms with E-state index in [0.29, 0.717) is 13.0 Å². The van der Waals surface area contributed by atoms with Crippen LogP contribution in [0.1, 0.15) is 12.5 Å². The molecule has 0 aromatic heterocycles. The van der Waals surface area contributed by atoms with Crippen molar-refractivity contribution in [2.24, 2.45) is 0 Å². The molecule has 2 N–H and O–H groups in total. The Morgan fingerprint density at radius 3 is 2.59 bits per heavy atom. The smallest absolute Gasteiger partial charge is 0.326 e. The summed E-state index contributed by atoms with van der Waals surface area (Å²) in [5, 5.41) is 11.1. The summed E-state index contributed by atoms with van der Waals surface area (Å²) in [6.45, 7) is 2.48. The predicted molar refractivity (Wildman–Crippen MR) is 61.9 cm³/mol. The number of carboxylic acid groups (broad SMARTS) is 1. The summed E-state index contributed by atoms with van der Waals surface area (Å²) in [6.07, 6.45) is 0.647. The first-order chi connectivity index (χ1) is 8.17. The first-order valence-electron chi connectivity index (χ1n) is 5.31. The van der Waals surface area contributed by atoms with Crippen LogP contribution in [0, 0.1) is 0 Å². The van der Waals surface area contributed by atoms with Gasteiger partial charge in [-0.3, -0.25) is 4.79 Å². The highest BCUT2D eigenvalue weighted by molar-refractivity contribution is 5.76. The minimum absolute atomic E-state index is 0.250. The van der Waals surface area contributed by atoms with Gasteiger partial charge in [0, 0.05) is 6.42 Å². The van der Waals surface area contributed by atoms with Crippen molar-refractivity contribution in [3.05, 3.63) is 29.8 Å². The van der Waals surface area contributed by atoms with Crippen molar-refractivity contribution in [1.82, 2.24) is 5.32 Å². The Balaban J connectivity index is 2.66. The number of benzene rings is 1. The second-order valence-corrected chi connectivity index (χ2v) is 3.46. The lowest BCUT2D eigenvalue weighted by Crippen LogP contribution is -2.37. The summed E-state index contributed by atoms with van der Waals surface area (Å²) < 4.78 is 5.27. The molecule has 0 aliphatic heterocycles. The Bertz CT molecular complexity index is 375. The van der Waals surface area contributed by atoms with Gasteiger partial charge < -0.3 is 15.2 Å². The lowest BCUT2D eigenvalue weighted by Gasteiger charge is -2.11. The van der Waals surface area contributed by atoms with Crippen LogP contribution in [0.5, 0.6) is 5.75 Å². The molecule has 5 heteroatoms. The Kier molecular flexibility index (Phi) is 5.00. The number of hydrogen-bond acceptors (Lipinski definition) is 3. The average molecular weight is 237 g/mol. The third-order valence-electron chi connectivity index (χ3n) is 2.24. The van der Waals surface area contributed by atoms with Gasteiger partial charge in [0.15, 0.2) is 0 Å². The van der Waals surface area contributed by atoms with Crippen molar-refractivity contribution in [2.45, 2.75) is 19.4 Å². The van der Waals surface area contributed by atoms with Crippen LogP contribution < -0.4 is 10.1 Å². The number of carbonyl (C=O) groups is 2. The summed E-state index contributed by atoms with van der Waals surface area (Å²) in [5.41, 5.74) is 0.829. The number of hydrogen-bond donors (Lipinski definition) is 2. The number of carboxylic acids is 1. The molecule has 1 amide bonds. The number of ether oxygens (including phenoxy) is 1. The maximum absolute atomic E-state index is 10.8. The van der Waals surface area contributed by atoms with Crippen molar-refractivity contribution in [3.63, 3.8) is 0 Å². The van der Waals surface area contributed by atoms with E-state index in [9.17, 15) is 9.59 Å². The fraction of sp³-hybridized carbons (Fsp3) is 0.333. The predicted octanol–water partition coefficient (Wildman–Crippen LogP) is 0.827. The SMILES string of the molecule is CCOc1ccc(C[C@H](NC=O)C(=O)O)cc1. The van der Waals surface area contributed by atoms with Gasteiger partial charge in [-0.15, -0.1) is 0 Å². The monoisotopic (exact) mass is 237 g/mol. The Hall–Kier alpha value is -2.04. The molecule has 0 heterocycles. The minimum atomic E-state index is -1.05. The third kappa shape index (κ3) is 4.14. The fourth-order valence-electron chi connectivity index (χ4n) is 1.42. The molecule has 1 atom stereocenters. The number of rotatable bonds is 7. The molecule has 0 fully saturated rings. The molecule has 0 saturated heterocycles. The van der Waals surface area contributed by atoms with Crippen LogP contribution in [-0.4, -0.2) is 30.1 Å². The maximum Gasteiger partial charge on any atom is 0.326 e. The first-order valence-corrected chi connectivity index (χ1v) is 5.31. The molecule has 0 aliphatic carbocycles. The molecule has 1 aromatic carbocycles. The minimum Gasteiger partial charge on any atom is -0.494 e. The van der Waals surface area contributed by atoms with Crippen molar-refractivity contribution >= 4 is 12.4 Å². The van der Waals surface area contributed by atoms with Gasteiger partial charge in [0.2, 0.25) is 6.41 Å². The highest BCUT2D eigenvalue weighted by atomic mass is 16.5. The first kappa shape index (κ1) is 13.0. The van der Waals surface area contributed by atoms with Crippen LogP contribution in [0.25, 0.3) is 0 Å². The van der Waals surface area contributed by atoms with Gasteiger partial charge in [0.25, 0.3) is 0 Å². The molecule has 0 spiro atoms. The molecular weight excluding hydrogens is 222 g/mol. The van der Waals surface area contributed by atoms with Crippen LogP contribution in [-0.2, 0) is 16.0 Å². The van der Waals surface area contributed by atoms with Crippen molar-refractivity contribution in [1.29, 1.82) is 0 Å². The zero-order chi connectivity index (χ0) is 12.7. The van der Waals surface area contributed by atoms with E-state index < -0.39 is 12.0 Å². The van der Waals surface area contributed by atoms with E-state index in [1.807, 2.05) is 6.92 Å². The summed E-state index contributed by atoms with van der Waals surface area (Å²) in [5.74, 6) is -0.308. The number of aliphatic carboxylic acids is 1. The van der Waals surface area contributed by atoms with Gasteiger partial charge in [0.05, 0.1) is 6.61 Å². The van der Waals surface area contributed by atoms with E-state index in [4.69, 9.17) is 9.84 Å². The van der Waals surface area contributed by atoms with Crippen LogP contribution in [0.2, 0.25) is 0 Å². The van der Waals surface area contributed by atoms with Gasteiger partial charge in [-0.2, -0.15) is 0 Å². The fourth-order valence-corrected chi connectivity index (χ4v) is 1.42. The van der Waals surface area contributed by atoms with Gasteiger partial charge in [-0.25, -0.2) is 4.79 Å². The van der Waals surface area contributed by atoms with Gasteiger partial charge in [0.1, 0.15) is 11.8 Å². The largest absolute Gasteiger partial charge is 0.494 e. The summed E-state index contributed by atoms with van der Waals surface area (Å²) in [4.78, 5) is 21.1. The second kappa shape index (κ2) is 6.52. The molecule has 1 rings (SSSR count). The highest BCUT2D eigenvalue weighted by Crippen LogP contribution is 2.13. The lowest BCUT2D eigenvalue weighted by atomic mass is 10.1. The maximum atomic E-state index is 10.8. The van der Waals surface area contributed by atoms with E-state index in [2.05, 4.69) is 5.32 Å². The van der Waals surface area contributed by atoms with Crippen LogP contribution in [0.4, 0.5) is 0 Å². The molecule has 17 heavy (non-hydrogen) atoms. The molecule has 0 saturated carbocycles. The number of nitrogens with one attached hydrogen (secondary N) is 1. The molecule has 0 unspecified atom stereocenters. The third-order valence-corrected chi connectivity index (χ3v) is 2.24. The van der Waals surface area contributed by atoms with Crippen LogP contribution >= 0.6 is 0 Å². The van der Waals surface area contributed by atoms with Crippen LogP contribution in [0.3, 0.4) is 0 Å².